The molecule has 21 heavy (non-hydrogen) atoms. The second kappa shape index (κ2) is 7.02. The minimum Gasteiger partial charge on any atom is -0.370 e. The Kier molecular flexibility index (Phi) is 5.33. The molecule has 0 fully saturated rings. The van der Waals surface area contributed by atoms with E-state index >= 15 is 0 Å². The van der Waals surface area contributed by atoms with Crippen LogP contribution in [0, 0.1) is 0 Å². The van der Waals surface area contributed by atoms with Gasteiger partial charge in [0.2, 0.25) is 10.0 Å². The lowest BCUT2D eigenvalue weighted by Crippen LogP contribution is -2.23. The van der Waals surface area contributed by atoms with Gasteiger partial charge in [-0.2, -0.15) is 0 Å². The molecule has 2 rings (SSSR count). The summed E-state index contributed by atoms with van der Waals surface area (Å²) in [7, 11) is -3.57. The monoisotopic (exact) mass is 369 g/mol. The summed E-state index contributed by atoms with van der Waals surface area (Å²) in [6.45, 7) is 2.83. The summed E-state index contributed by atoms with van der Waals surface area (Å²) in [5, 5.41) is 2.99. The number of rotatable bonds is 6. The van der Waals surface area contributed by atoms with E-state index in [0.717, 1.165) is 10.0 Å². The van der Waals surface area contributed by atoms with Gasteiger partial charge in [-0.25, -0.2) is 18.1 Å². The Labute approximate surface area is 133 Å². The number of nitrogens with one attached hydrogen (secondary N) is 2. The molecule has 0 atom stereocenters. The highest BCUT2D eigenvalue weighted by molar-refractivity contribution is 9.10. The number of nitrogens with zero attached hydrogens (tertiary/aromatic N) is 1. The standard InChI is InChI=1S/C14H16BrN3O2S/c1-2-16-14-9-12(7-8-17-14)21(19,20)18-10-11-5-3-4-6-13(11)15/h3-9,18H,2,10H2,1H3,(H,16,17). The molecule has 1 aromatic carbocycles. The molecule has 0 aliphatic rings. The third-order valence-corrected chi connectivity index (χ3v) is 4.98. The lowest BCUT2D eigenvalue weighted by atomic mass is 10.2. The molecule has 112 valence electrons. The Balaban J connectivity index is 2.15. The number of pyridine rings is 1. The Morgan fingerprint density at radius 2 is 2.00 bits per heavy atom. The van der Waals surface area contributed by atoms with Crippen molar-refractivity contribution in [3.8, 4) is 0 Å². The van der Waals surface area contributed by atoms with Gasteiger partial charge in [0.05, 0.1) is 4.90 Å². The zero-order chi connectivity index (χ0) is 15.3. The van der Waals surface area contributed by atoms with Gasteiger partial charge in [-0.15, -0.1) is 0 Å². The van der Waals surface area contributed by atoms with E-state index in [1.807, 2.05) is 31.2 Å². The van der Waals surface area contributed by atoms with Gasteiger partial charge >= 0.3 is 0 Å². The van der Waals surface area contributed by atoms with Gasteiger partial charge in [0.1, 0.15) is 5.82 Å². The predicted molar refractivity (Wildman–Crippen MR) is 86.6 cm³/mol. The number of anilines is 1. The summed E-state index contributed by atoms with van der Waals surface area (Å²) >= 11 is 3.40. The van der Waals surface area contributed by atoms with Gasteiger partial charge in [0.15, 0.2) is 0 Å². The molecule has 5 nitrogen and oxygen atoms in total. The van der Waals surface area contributed by atoms with E-state index < -0.39 is 10.0 Å². The lowest BCUT2D eigenvalue weighted by Gasteiger charge is -2.09. The minimum absolute atomic E-state index is 0.195. The minimum atomic E-state index is -3.57. The summed E-state index contributed by atoms with van der Waals surface area (Å²) in [5.41, 5.74) is 0.877. The Morgan fingerprint density at radius 3 is 2.71 bits per heavy atom. The van der Waals surface area contributed by atoms with Gasteiger partial charge in [-0.1, -0.05) is 34.1 Å². The highest BCUT2D eigenvalue weighted by Crippen LogP contribution is 2.17. The average Bonchev–Trinajstić information content (AvgIpc) is 2.47. The number of hydrogen-bond donors (Lipinski definition) is 2. The van der Waals surface area contributed by atoms with Gasteiger partial charge in [0, 0.05) is 29.8 Å². The smallest absolute Gasteiger partial charge is 0.241 e. The SMILES string of the molecule is CCNc1cc(S(=O)(=O)NCc2ccccc2Br)ccn1. The highest BCUT2D eigenvalue weighted by atomic mass is 79.9. The van der Waals surface area contributed by atoms with Crippen LogP contribution in [-0.4, -0.2) is 19.9 Å². The van der Waals surface area contributed by atoms with E-state index in [-0.39, 0.29) is 11.4 Å². The quantitative estimate of drug-likeness (QED) is 0.820. The molecule has 0 spiro atoms. The van der Waals surface area contributed by atoms with Crippen molar-refractivity contribution in [2.75, 3.05) is 11.9 Å². The van der Waals surface area contributed by atoms with Crippen molar-refractivity contribution in [3.63, 3.8) is 0 Å². The van der Waals surface area contributed by atoms with Crippen LogP contribution in [0.5, 0.6) is 0 Å². The zero-order valence-corrected chi connectivity index (χ0v) is 13.9. The summed E-state index contributed by atoms with van der Waals surface area (Å²) in [6, 6.07) is 10.5. The fraction of sp³-hybridized carbons (Fsp3) is 0.214. The van der Waals surface area contributed by atoms with Crippen LogP contribution in [0.25, 0.3) is 0 Å². The first-order valence-electron chi connectivity index (χ1n) is 6.46. The number of sulfonamides is 1. The first-order valence-corrected chi connectivity index (χ1v) is 8.73. The molecule has 0 saturated heterocycles. The van der Waals surface area contributed by atoms with Crippen LogP contribution in [0.3, 0.4) is 0 Å². The summed E-state index contributed by atoms with van der Waals surface area (Å²) < 4.78 is 28.0. The molecule has 2 aromatic rings. The van der Waals surface area contributed by atoms with Crippen molar-refractivity contribution in [2.24, 2.45) is 0 Å². The third-order valence-electron chi connectivity index (χ3n) is 2.81. The van der Waals surface area contributed by atoms with Crippen molar-refractivity contribution in [1.29, 1.82) is 0 Å². The fourth-order valence-corrected chi connectivity index (χ4v) is 3.20. The number of aromatic nitrogens is 1. The Hall–Kier alpha value is -1.44. The van der Waals surface area contributed by atoms with Gasteiger partial charge in [0.25, 0.3) is 0 Å². The second-order valence-electron chi connectivity index (χ2n) is 4.32. The molecule has 7 heteroatoms. The third kappa shape index (κ3) is 4.26. The molecule has 0 radical (unpaired) electrons. The lowest BCUT2D eigenvalue weighted by molar-refractivity contribution is 0.581. The van der Waals surface area contributed by atoms with Crippen molar-refractivity contribution >= 4 is 31.8 Å². The topological polar surface area (TPSA) is 71.1 Å². The number of halogens is 1. The van der Waals surface area contributed by atoms with Crippen LogP contribution >= 0.6 is 15.9 Å². The molecule has 0 aliphatic heterocycles. The van der Waals surface area contributed by atoms with E-state index in [9.17, 15) is 8.42 Å². The first kappa shape index (κ1) is 15.9. The maximum Gasteiger partial charge on any atom is 0.241 e. The number of benzene rings is 1. The van der Waals surface area contributed by atoms with E-state index in [4.69, 9.17) is 0 Å². The van der Waals surface area contributed by atoms with Crippen LogP contribution in [0.2, 0.25) is 0 Å². The van der Waals surface area contributed by atoms with Crippen molar-refractivity contribution in [2.45, 2.75) is 18.4 Å². The molecule has 1 heterocycles. The second-order valence-corrected chi connectivity index (χ2v) is 6.94. The van der Waals surface area contributed by atoms with Crippen molar-refractivity contribution in [3.05, 3.63) is 52.6 Å². The first-order chi connectivity index (χ1) is 10.0. The maximum absolute atomic E-state index is 12.3. The van der Waals surface area contributed by atoms with Crippen LogP contribution in [0.1, 0.15) is 12.5 Å². The van der Waals surface area contributed by atoms with Gasteiger partial charge in [-0.05, 0) is 24.6 Å². The summed E-state index contributed by atoms with van der Waals surface area (Å²) in [6.07, 6.45) is 1.48. The van der Waals surface area contributed by atoms with Crippen LogP contribution in [-0.2, 0) is 16.6 Å². The molecule has 2 N–H and O–H groups in total. The maximum atomic E-state index is 12.3. The molecule has 0 amide bonds. The van der Waals surface area contributed by atoms with E-state index in [0.29, 0.717) is 12.4 Å². The predicted octanol–water partition coefficient (Wildman–Crippen LogP) is 2.75. The molecule has 1 aromatic heterocycles. The fourth-order valence-electron chi connectivity index (χ4n) is 1.75. The molecule has 0 saturated carbocycles. The van der Waals surface area contributed by atoms with Crippen LogP contribution < -0.4 is 10.0 Å². The average molecular weight is 370 g/mol. The van der Waals surface area contributed by atoms with E-state index in [2.05, 4.69) is 31.0 Å². The Bertz CT molecular complexity index is 720. The number of hydrogen-bond acceptors (Lipinski definition) is 4. The largest absolute Gasteiger partial charge is 0.370 e. The summed E-state index contributed by atoms with van der Waals surface area (Å²) in [4.78, 5) is 4.26. The van der Waals surface area contributed by atoms with Crippen molar-refractivity contribution < 1.29 is 8.42 Å². The van der Waals surface area contributed by atoms with Gasteiger partial charge in [-0.3, -0.25) is 0 Å². The van der Waals surface area contributed by atoms with Crippen molar-refractivity contribution in [1.82, 2.24) is 9.71 Å². The zero-order valence-electron chi connectivity index (χ0n) is 11.5. The Morgan fingerprint density at radius 1 is 1.24 bits per heavy atom. The normalized spacial score (nSPS) is 11.3. The molecular weight excluding hydrogens is 354 g/mol. The molecule has 0 aliphatic carbocycles. The summed E-state index contributed by atoms with van der Waals surface area (Å²) in [5.74, 6) is 0.543. The van der Waals surface area contributed by atoms with E-state index in [1.165, 1.54) is 18.3 Å². The molecular formula is C14H16BrN3O2S. The van der Waals surface area contributed by atoms with E-state index in [1.54, 1.807) is 0 Å². The molecule has 0 bridgehead atoms. The van der Waals surface area contributed by atoms with Gasteiger partial charge < -0.3 is 5.32 Å². The van der Waals surface area contributed by atoms with Crippen LogP contribution in [0.15, 0.2) is 52.0 Å². The highest BCUT2D eigenvalue weighted by Gasteiger charge is 2.15. The molecule has 0 unspecified atom stereocenters. The van der Waals surface area contributed by atoms with Crippen LogP contribution in [0.4, 0.5) is 5.82 Å².